The summed E-state index contributed by atoms with van der Waals surface area (Å²) in [6.07, 6.45) is 1.51. The number of carbonyl (C=O) groups is 2. The van der Waals surface area contributed by atoms with Crippen LogP contribution in [0.5, 0.6) is 5.75 Å². The standard InChI is InChI=1S/C25H22N2O6S/c1-3-33-25(30)22(15(2)28)19-14-20(17-10-4-5-11-18(17)24(19)29)27-34(31,32)21-12-6-8-16-9-7-13-26-23(16)21/h4-14,22,27,29H,3H2,1-2H3. The van der Waals surface area contributed by atoms with E-state index >= 15 is 0 Å². The summed E-state index contributed by atoms with van der Waals surface area (Å²) in [4.78, 5) is 29.1. The molecule has 9 heteroatoms. The van der Waals surface area contributed by atoms with Crippen molar-refractivity contribution in [2.24, 2.45) is 0 Å². The summed E-state index contributed by atoms with van der Waals surface area (Å²) in [6, 6.07) is 16.1. The molecule has 0 radical (unpaired) electrons. The van der Waals surface area contributed by atoms with Crippen LogP contribution in [0.2, 0.25) is 0 Å². The number of anilines is 1. The van der Waals surface area contributed by atoms with Gasteiger partial charge in [-0.15, -0.1) is 0 Å². The summed E-state index contributed by atoms with van der Waals surface area (Å²) in [5, 5.41) is 12.2. The first-order valence-electron chi connectivity index (χ1n) is 10.5. The second kappa shape index (κ2) is 9.11. The van der Waals surface area contributed by atoms with Gasteiger partial charge in [-0.3, -0.25) is 19.3 Å². The van der Waals surface area contributed by atoms with Crippen molar-refractivity contribution in [1.82, 2.24) is 4.98 Å². The highest BCUT2D eigenvalue weighted by Gasteiger charge is 2.31. The number of ether oxygens (including phenoxy) is 1. The molecule has 0 bridgehead atoms. The highest BCUT2D eigenvalue weighted by atomic mass is 32.2. The molecule has 3 aromatic carbocycles. The maximum absolute atomic E-state index is 13.4. The van der Waals surface area contributed by atoms with E-state index < -0.39 is 27.7 Å². The van der Waals surface area contributed by atoms with E-state index in [4.69, 9.17) is 4.74 Å². The van der Waals surface area contributed by atoms with Crippen LogP contribution in [0.15, 0.2) is 71.8 Å². The van der Waals surface area contributed by atoms with Gasteiger partial charge in [-0.1, -0.05) is 42.5 Å². The molecule has 0 aliphatic rings. The summed E-state index contributed by atoms with van der Waals surface area (Å²) in [6.45, 7) is 2.86. The molecule has 2 N–H and O–H groups in total. The molecule has 0 saturated carbocycles. The van der Waals surface area contributed by atoms with E-state index in [1.165, 1.54) is 25.3 Å². The van der Waals surface area contributed by atoms with Crippen molar-refractivity contribution in [2.75, 3.05) is 11.3 Å². The number of sulfonamides is 1. The van der Waals surface area contributed by atoms with Crippen LogP contribution >= 0.6 is 0 Å². The Bertz CT molecular complexity index is 1530. The van der Waals surface area contributed by atoms with Crippen molar-refractivity contribution in [3.05, 3.63) is 72.4 Å². The largest absolute Gasteiger partial charge is 0.507 e. The second-order valence-electron chi connectivity index (χ2n) is 7.64. The molecule has 4 rings (SSSR count). The van der Waals surface area contributed by atoms with E-state index in [0.29, 0.717) is 16.3 Å². The van der Waals surface area contributed by atoms with Gasteiger partial charge >= 0.3 is 5.97 Å². The third-order valence-electron chi connectivity index (χ3n) is 5.41. The highest BCUT2D eigenvalue weighted by Crippen LogP contribution is 2.40. The number of rotatable bonds is 7. The van der Waals surface area contributed by atoms with Crippen molar-refractivity contribution in [2.45, 2.75) is 24.7 Å². The molecule has 0 spiro atoms. The number of pyridine rings is 1. The number of benzene rings is 3. The molecule has 0 fully saturated rings. The Morgan fingerprint density at radius 2 is 1.76 bits per heavy atom. The molecule has 34 heavy (non-hydrogen) atoms. The highest BCUT2D eigenvalue weighted by molar-refractivity contribution is 7.93. The number of Topliss-reactive ketones (excluding diaryl/α,β-unsaturated/α-hetero) is 1. The molecule has 1 unspecified atom stereocenters. The monoisotopic (exact) mass is 478 g/mol. The molecule has 1 atom stereocenters. The van der Waals surface area contributed by atoms with Crippen molar-refractivity contribution < 1.29 is 27.9 Å². The normalized spacial score (nSPS) is 12.4. The summed E-state index contributed by atoms with van der Waals surface area (Å²) >= 11 is 0. The number of para-hydroxylation sites is 1. The summed E-state index contributed by atoms with van der Waals surface area (Å²) in [5.41, 5.74) is 0.360. The first-order chi connectivity index (χ1) is 16.2. The molecule has 1 aromatic heterocycles. The van der Waals surface area contributed by atoms with E-state index in [-0.39, 0.29) is 33.9 Å². The number of phenols is 1. The van der Waals surface area contributed by atoms with Gasteiger partial charge in [0.25, 0.3) is 10.0 Å². The Kier molecular flexibility index (Phi) is 6.21. The maximum Gasteiger partial charge on any atom is 0.321 e. The molecule has 0 amide bonds. The molecule has 8 nitrogen and oxygen atoms in total. The Morgan fingerprint density at radius 1 is 1.06 bits per heavy atom. The van der Waals surface area contributed by atoms with E-state index in [9.17, 15) is 23.1 Å². The van der Waals surface area contributed by atoms with Crippen LogP contribution in [-0.4, -0.2) is 36.9 Å². The fourth-order valence-electron chi connectivity index (χ4n) is 3.92. The quantitative estimate of drug-likeness (QED) is 0.233. The number of hydrogen-bond acceptors (Lipinski definition) is 7. The third kappa shape index (κ3) is 4.17. The molecular weight excluding hydrogens is 456 g/mol. The lowest BCUT2D eigenvalue weighted by Gasteiger charge is -2.19. The van der Waals surface area contributed by atoms with Gasteiger partial charge in [0.2, 0.25) is 0 Å². The van der Waals surface area contributed by atoms with Crippen molar-refractivity contribution in [3.8, 4) is 5.75 Å². The first-order valence-corrected chi connectivity index (χ1v) is 12.0. The zero-order valence-corrected chi connectivity index (χ0v) is 19.3. The first kappa shape index (κ1) is 23.2. The van der Waals surface area contributed by atoms with Crippen LogP contribution in [0.1, 0.15) is 25.3 Å². The predicted molar refractivity (Wildman–Crippen MR) is 128 cm³/mol. The average molecular weight is 479 g/mol. The summed E-state index contributed by atoms with van der Waals surface area (Å²) in [7, 11) is -4.13. The number of nitrogens with zero attached hydrogens (tertiary/aromatic N) is 1. The number of nitrogens with one attached hydrogen (secondary N) is 1. The molecule has 4 aromatic rings. The Morgan fingerprint density at radius 3 is 2.47 bits per heavy atom. The van der Waals surface area contributed by atoms with E-state index in [2.05, 4.69) is 9.71 Å². The smallest absolute Gasteiger partial charge is 0.321 e. The van der Waals surface area contributed by atoms with Gasteiger partial charge in [0.1, 0.15) is 22.3 Å². The Labute approximate surface area is 196 Å². The minimum atomic E-state index is -4.13. The number of carbonyl (C=O) groups excluding carboxylic acids is 2. The lowest BCUT2D eigenvalue weighted by Crippen LogP contribution is -2.23. The van der Waals surface area contributed by atoms with E-state index in [1.807, 2.05) is 0 Å². The van der Waals surface area contributed by atoms with E-state index in [0.717, 1.165) is 0 Å². The van der Waals surface area contributed by atoms with Crippen LogP contribution in [0.4, 0.5) is 5.69 Å². The molecule has 174 valence electrons. The predicted octanol–water partition coefficient (Wildman–Crippen LogP) is 4.13. The minimum absolute atomic E-state index is 0.0298. The topological polar surface area (TPSA) is 123 Å². The zero-order chi connectivity index (χ0) is 24.5. The third-order valence-corrected chi connectivity index (χ3v) is 6.81. The maximum atomic E-state index is 13.4. The fraction of sp³-hybridized carbons (Fsp3) is 0.160. The molecular formula is C25H22N2O6S. The van der Waals surface area contributed by atoms with Gasteiger partial charge in [0.05, 0.1) is 17.8 Å². The van der Waals surface area contributed by atoms with Crippen LogP contribution in [0, 0.1) is 0 Å². The molecule has 0 aliphatic carbocycles. The van der Waals surface area contributed by atoms with Gasteiger partial charge in [-0.2, -0.15) is 0 Å². The van der Waals surface area contributed by atoms with Crippen LogP contribution < -0.4 is 4.72 Å². The molecule has 0 saturated heterocycles. The Hall–Kier alpha value is -3.98. The second-order valence-corrected chi connectivity index (χ2v) is 9.29. The van der Waals surface area contributed by atoms with Gasteiger partial charge in [-0.25, -0.2) is 8.42 Å². The van der Waals surface area contributed by atoms with Crippen LogP contribution in [0.25, 0.3) is 21.7 Å². The van der Waals surface area contributed by atoms with Crippen LogP contribution in [-0.2, 0) is 24.3 Å². The number of aromatic nitrogens is 1. The lowest BCUT2D eigenvalue weighted by molar-refractivity contribution is -0.147. The fourth-order valence-corrected chi connectivity index (χ4v) is 5.17. The van der Waals surface area contributed by atoms with E-state index in [1.54, 1.807) is 55.5 Å². The van der Waals surface area contributed by atoms with Gasteiger partial charge in [-0.05, 0) is 32.0 Å². The van der Waals surface area contributed by atoms with Gasteiger partial charge in [0.15, 0.2) is 0 Å². The van der Waals surface area contributed by atoms with Crippen molar-refractivity contribution in [1.29, 1.82) is 0 Å². The number of phenolic OH excluding ortho intramolecular Hbond substituents is 1. The molecule has 0 aliphatic heterocycles. The Balaban J connectivity index is 1.91. The number of aromatic hydroxyl groups is 1. The minimum Gasteiger partial charge on any atom is -0.507 e. The lowest BCUT2D eigenvalue weighted by atomic mass is 9.91. The number of fused-ring (bicyclic) bond motifs is 2. The summed E-state index contributed by atoms with van der Waals surface area (Å²) in [5.74, 6) is -3.07. The number of hydrogen-bond donors (Lipinski definition) is 2. The average Bonchev–Trinajstić information content (AvgIpc) is 2.81. The zero-order valence-electron chi connectivity index (χ0n) is 18.5. The van der Waals surface area contributed by atoms with Gasteiger partial charge in [0, 0.05) is 27.9 Å². The number of ketones is 1. The van der Waals surface area contributed by atoms with Crippen molar-refractivity contribution >= 4 is 49.1 Å². The summed E-state index contributed by atoms with van der Waals surface area (Å²) < 4.78 is 34.4. The number of esters is 1. The van der Waals surface area contributed by atoms with Crippen molar-refractivity contribution in [3.63, 3.8) is 0 Å². The van der Waals surface area contributed by atoms with Crippen LogP contribution in [0.3, 0.4) is 0 Å². The van der Waals surface area contributed by atoms with Gasteiger partial charge < -0.3 is 9.84 Å². The molecule has 1 heterocycles. The SMILES string of the molecule is CCOC(=O)C(C(C)=O)c1cc(NS(=O)(=O)c2cccc3cccnc23)c2ccccc2c1O.